The van der Waals surface area contributed by atoms with Crippen molar-refractivity contribution in [1.82, 2.24) is 4.98 Å². The molecule has 0 aliphatic heterocycles. The van der Waals surface area contributed by atoms with Crippen molar-refractivity contribution in [2.45, 2.75) is 19.8 Å². The van der Waals surface area contributed by atoms with Crippen molar-refractivity contribution in [2.24, 2.45) is 0 Å². The summed E-state index contributed by atoms with van der Waals surface area (Å²) in [7, 11) is 0. The van der Waals surface area contributed by atoms with Crippen LogP contribution in [0.15, 0.2) is 53.9 Å². The zero-order valence-electron chi connectivity index (χ0n) is 14.1. The SMILES string of the molecule is CCc1ccc(-c2csc(NC(=O)Cc3ccc([N+](=O)[O-])cc3)n2)cc1. The highest BCUT2D eigenvalue weighted by Crippen LogP contribution is 2.25. The average Bonchev–Trinajstić information content (AvgIpc) is 3.10. The summed E-state index contributed by atoms with van der Waals surface area (Å²) in [6, 6.07) is 14.1. The zero-order valence-corrected chi connectivity index (χ0v) is 15.0. The van der Waals surface area contributed by atoms with E-state index in [0.29, 0.717) is 10.7 Å². The van der Waals surface area contributed by atoms with Gasteiger partial charge in [0.15, 0.2) is 5.13 Å². The quantitative estimate of drug-likeness (QED) is 0.515. The number of carbonyl (C=O) groups excluding carboxylic acids is 1. The van der Waals surface area contributed by atoms with Gasteiger partial charge in [-0.2, -0.15) is 0 Å². The third-order valence-corrected chi connectivity index (χ3v) is 4.68. The highest BCUT2D eigenvalue weighted by Gasteiger charge is 2.10. The third kappa shape index (κ3) is 4.31. The van der Waals surface area contributed by atoms with E-state index in [2.05, 4.69) is 29.4 Å². The molecule has 0 aliphatic carbocycles. The van der Waals surface area contributed by atoms with Gasteiger partial charge >= 0.3 is 0 Å². The van der Waals surface area contributed by atoms with Crippen LogP contribution in [0, 0.1) is 10.1 Å². The van der Waals surface area contributed by atoms with E-state index in [-0.39, 0.29) is 18.0 Å². The summed E-state index contributed by atoms with van der Waals surface area (Å²) in [6.45, 7) is 2.11. The Hall–Kier alpha value is -3.06. The van der Waals surface area contributed by atoms with E-state index in [4.69, 9.17) is 0 Å². The highest BCUT2D eigenvalue weighted by atomic mass is 32.1. The number of nitrogens with one attached hydrogen (secondary N) is 1. The van der Waals surface area contributed by atoms with Gasteiger partial charge in [-0.15, -0.1) is 11.3 Å². The maximum absolute atomic E-state index is 12.2. The molecule has 1 aromatic heterocycles. The topological polar surface area (TPSA) is 85.1 Å². The molecule has 0 saturated heterocycles. The van der Waals surface area contributed by atoms with E-state index in [0.717, 1.165) is 17.7 Å². The summed E-state index contributed by atoms with van der Waals surface area (Å²) in [5.74, 6) is -0.207. The van der Waals surface area contributed by atoms with Crippen LogP contribution in [-0.2, 0) is 17.6 Å². The minimum atomic E-state index is -0.464. The van der Waals surface area contributed by atoms with E-state index in [9.17, 15) is 14.9 Å². The van der Waals surface area contributed by atoms with Gasteiger partial charge in [-0.05, 0) is 17.5 Å². The second-order valence-electron chi connectivity index (χ2n) is 5.74. The molecule has 0 fully saturated rings. The van der Waals surface area contributed by atoms with Gasteiger partial charge in [-0.3, -0.25) is 14.9 Å². The zero-order chi connectivity index (χ0) is 18.5. The van der Waals surface area contributed by atoms with Crippen LogP contribution in [-0.4, -0.2) is 15.8 Å². The second-order valence-corrected chi connectivity index (χ2v) is 6.59. The maximum Gasteiger partial charge on any atom is 0.269 e. The minimum Gasteiger partial charge on any atom is -0.302 e. The van der Waals surface area contributed by atoms with Crippen LogP contribution in [0.3, 0.4) is 0 Å². The van der Waals surface area contributed by atoms with Gasteiger partial charge in [0, 0.05) is 23.1 Å². The van der Waals surface area contributed by atoms with E-state index in [1.165, 1.54) is 29.0 Å². The number of nitrogens with zero attached hydrogens (tertiary/aromatic N) is 2. The van der Waals surface area contributed by atoms with Crippen LogP contribution in [0.25, 0.3) is 11.3 Å². The van der Waals surface area contributed by atoms with Crippen molar-refractivity contribution >= 4 is 28.1 Å². The van der Waals surface area contributed by atoms with Gasteiger partial charge in [0.25, 0.3) is 5.69 Å². The number of benzene rings is 2. The number of hydrogen-bond donors (Lipinski definition) is 1. The predicted octanol–water partition coefficient (Wildman–Crippen LogP) is 4.46. The summed E-state index contributed by atoms with van der Waals surface area (Å²) in [4.78, 5) is 26.8. The number of carbonyl (C=O) groups is 1. The maximum atomic E-state index is 12.2. The fraction of sp³-hybridized carbons (Fsp3) is 0.158. The molecule has 0 unspecified atom stereocenters. The number of amides is 1. The average molecular weight is 367 g/mol. The largest absolute Gasteiger partial charge is 0.302 e. The van der Waals surface area contributed by atoms with Gasteiger partial charge in [0.2, 0.25) is 5.91 Å². The van der Waals surface area contributed by atoms with Crippen LogP contribution in [0.4, 0.5) is 10.8 Å². The number of aromatic nitrogens is 1. The van der Waals surface area contributed by atoms with E-state index >= 15 is 0 Å². The Bertz CT molecular complexity index is 918. The first-order chi connectivity index (χ1) is 12.5. The fourth-order valence-corrected chi connectivity index (χ4v) is 3.20. The molecular formula is C19H17N3O3S. The molecule has 26 heavy (non-hydrogen) atoms. The summed E-state index contributed by atoms with van der Waals surface area (Å²) >= 11 is 1.37. The minimum absolute atomic E-state index is 0.00724. The molecule has 1 N–H and O–H groups in total. The first-order valence-electron chi connectivity index (χ1n) is 8.13. The second kappa shape index (κ2) is 7.88. The highest BCUT2D eigenvalue weighted by molar-refractivity contribution is 7.14. The van der Waals surface area contributed by atoms with Gasteiger partial charge in [-0.25, -0.2) is 4.98 Å². The number of thiazole rings is 1. The Morgan fingerprint density at radius 2 is 1.77 bits per heavy atom. The molecule has 6 nitrogen and oxygen atoms in total. The van der Waals surface area contributed by atoms with Crippen molar-refractivity contribution in [3.63, 3.8) is 0 Å². The molecule has 3 aromatic rings. The summed E-state index contributed by atoms with van der Waals surface area (Å²) < 4.78 is 0. The first-order valence-corrected chi connectivity index (χ1v) is 9.01. The smallest absolute Gasteiger partial charge is 0.269 e. The number of nitro benzene ring substituents is 1. The Labute approximate surface area is 154 Å². The molecule has 132 valence electrons. The Kier molecular flexibility index (Phi) is 5.38. The Balaban J connectivity index is 1.62. The van der Waals surface area contributed by atoms with E-state index in [1.807, 2.05) is 17.5 Å². The first kappa shape index (κ1) is 17.8. The molecule has 0 spiro atoms. The van der Waals surface area contributed by atoms with Crippen molar-refractivity contribution in [3.8, 4) is 11.3 Å². The van der Waals surface area contributed by atoms with Crippen molar-refractivity contribution in [2.75, 3.05) is 5.32 Å². The van der Waals surface area contributed by atoms with Crippen LogP contribution >= 0.6 is 11.3 Å². The van der Waals surface area contributed by atoms with Gasteiger partial charge < -0.3 is 5.32 Å². The lowest BCUT2D eigenvalue weighted by Crippen LogP contribution is -2.14. The number of anilines is 1. The molecule has 0 aliphatic rings. The lowest BCUT2D eigenvalue weighted by atomic mass is 10.1. The number of nitro groups is 1. The monoisotopic (exact) mass is 367 g/mol. The Morgan fingerprint density at radius 1 is 1.12 bits per heavy atom. The molecule has 3 rings (SSSR count). The summed E-state index contributed by atoms with van der Waals surface area (Å²) in [6.07, 6.45) is 1.12. The summed E-state index contributed by atoms with van der Waals surface area (Å²) in [5, 5.41) is 15.9. The lowest BCUT2D eigenvalue weighted by Gasteiger charge is -2.02. The van der Waals surface area contributed by atoms with Crippen LogP contribution < -0.4 is 5.32 Å². The lowest BCUT2D eigenvalue weighted by molar-refractivity contribution is -0.384. The van der Waals surface area contributed by atoms with Crippen molar-refractivity contribution in [3.05, 3.63) is 75.2 Å². The van der Waals surface area contributed by atoms with Crippen molar-refractivity contribution < 1.29 is 9.72 Å². The van der Waals surface area contributed by atoms with E-state index < -0.39 is 4.92 Å². The molecule has 0 bridgehead atoms. The molecular weight excluding hydrogens is 350 g/mol. The third-order valence-electron chi connectivity index (χ3n) is 3.92. The molecule has 0 atom stereocenters. The number of aryl methyl sites for hydroxylation is 1. The molecule has 0 saturated carbocycles. The van der Waals surface area contributed by atoms with Crippen molar-refractivity contribution in [1.29, 1.82) is 0 Å². The summed E-state index contributed by atoms with van der Waals surface area (Å²) in [5.41, 5.74) is 3.81. The van der Waals surface area contributed by atoms with Crippen LogP contribution in [0.1, 0.15) is 18.1 Å². The van der Waals surface area contributed by atoms with Gasteiger partial charge in [0.05, 0.1) is 17.0 Å². The molecule has 2 aromatic carbocycles. The fourth-order valence-electron chi connectivity index (χ4n) is 2.46. The van der Waals surface area contributed by atoms with E-state index in [1.54, 1.807) is 12.1 Å². The standard InChI is InChI=1S/C19H17N3O3S/c1-2-13-3-7-15(8-4-13)17-12-26-19(20-17)21-18(23)11-14-5-9-16(10-6-14)22(24)25/h3-10,12H,2,11H2,1H3,(H,20,21,23). The van der Waals surface area contributed by atoms with Crippen LogP contribution in [0.2, 0.25) is 0 Å². The number of rotatable bonds is 6. The molecule has 7 heteroatoms. The van der Waals surface area contributed by atoms with Crippen LogP contribution in [0.5, 0.6) is 0 Å². The normalized spacial score (nSPS) is 10.5. The molecule has 1 heterocycles. The van der Waals surface area contributed by atoms with Gasteiger partial charge in [0.1, 0.15) is 0 Å². The predicted molar refractivity (Wildman–Crippen MR) is 102 cm³/mol. The molecule has 0 radical (unpaired) electrons. The number of non-ortho nitro benzene ring substituents is 1. The number of hydrogen-bond acceptors (Lipinski definition) is 5. The van der Waals surface area contributed by atoms with Gasteiger partial charge in [-0.1, -0.05) is 43.3 Å². The molecule has 1 amide bonds. The Morgan fingerprint density at radius 3 is 2.38 bits per heavy atom.